The Morgan fingerprint density at radius 3 is 2.35 bits per heavy atom. The minimum absolute atomic E-state index is 0.0498. The van der Waals surface area contributed by atoms with Crippen LogP contribution in [0.25, 0.3) is 32.7 Å². The maximum Gasteiger partial charge on any atom is 0.459 e. The van der Waals surface area contributed by atoms with Crippen LogP contribution in [0.5, 0.6) is 5.75 Å². The second-order valence-electron chi connectivity index (χ2n) is 13.1. The fraction of sp³-hybridized carbons (Fsp3) is 0.417. The Labute approximate surface area is 281 Å². The molecule has 256 valence electrons. The molecule has 2 aromatic heterocycles. The average Bonchev–Trinajstić information content (AvgIpc) is 3.42. The van der Waals surface area contributed by atoms with E-state index in [2.05, 4.69) is 10.1 Å². The fourth-order valence-electron chi connectivity index (χ4n) is 5.62. The quantitative estimate of drug-likeness (QED) is 0.0880. The topological polar surface area (TPSA) is 140 Å². The van der Waals surface area contributed by atoms with Gasteiger partial charge >= 0.3 is 13.7 Å². The van der Waals surface area contributed by atoms with E-state index in [9.17, 15) is 9.36 Å². The first kappa shape index (κ1) is 35.3. The number of nitrogen functional groups attached to an aromatic ring is 1. The van der Waals surface area contributed by atoms with Gasteiger partial charge in [0.1, 0.15) is 35.3 Å². The number of imidazole rings is 1. The highest BCUT2D eigenvalue weighted by atomic mass is 31.2. The van der Waals surface area contributed by atoms with Crippen molar-refractivity contribution in [3.8, 4) is 5.75 Å². The van der Waals surface area contributed by atoms with E-state index in [1.807, 2.05) is 92.9 Å². The third kappa shape index (κ3) is 7.81. The summed E-state index contributed by atoms with van der Waals surface area (Å²) < 4.78 is 41.2. The summed E-state index contributed by atoms with van der Waals surface area (Å²) in [6.07, 6.45) is 0.578. The Morgan fingerprint density at radius 1 is 0.979 bits per heavy atom. The molecular formula is C36H46N5O6P. The number of benzene rings is 3. The number of fused-ring (bicyclic) bond motifs is 4. The number of pyridine rings is 1. The van der Waals surface area contributed by atoms with Crippen molar-refractivity contribution < 1.29 is 27.9 Å². The van der Waals surface area contributed by atoms with E-state index in [0.717, 1.165) is 27.2 Å². The predicted molar refractivity (Wildman–Crippen MR) is 190 cm³/mol. The highest BCUT2D eigenvalue weighted by Gasteiger charge is 2.38. The zero-order chi connectivity index (χ0) is 34.6. The highest BCUT2D eigenvalue weighted by molar-refractivity contribution is 7.52. The number of ether oxygens (including phenoxy) is 2. The predicted octanol–water partition coefficient (Wildman–Crippen LogP) is 7.97. The molecule has 5 rings (SSSR count). The molecule has 0 aliphatic heterocycles. The molecule has 5 aromatic rings. The number of nitrogens with one attached hydrogen (secondary N) is 1. The van der Waals surface area contributed by atoms with E-state index in [1.165, 1.54) is 0 Å². The molecule has 0 saturated heterocycles. The van der Waals surface area contributed by atoms with Gasteiger partial charge in [0.2, 0.25) is 0 Å². The Balaban J connectivity index is 1.58. The molecule has 1 unspecified atom stereocenters. The zero-order valence-electron chi connectivity index (χ0n) is 28.7. The van der Waals surface area contributed by atoms with Gasteiger partial charge in [-0.1, -0.05) is 75.4 Å². The van der Waals surface area contributed by atoms with E-state index in [0.29, 0.717) is 35.9 Å². The number of esters is 1. The molecule has 0 spiro atoms. The summed E-state index contributed by atoms with van der Waals surface area (Å²) in [5.41, 5.74) is 7.75. The van der Waals surface area contributed by atoms with Crippen LogP contribution in [0.3, 0.4) is 0 Å². The molecule has 11 nitrogen and oxygen atoms in total. The number of anilines is 1. The van der Waals surface area contributed by atoms with Crippen LogP contribution in [-0.4, -0.2) is 45.4 Å². The summed E-state index contributed by atoms with van der Waals surface area (Å²) in [7, 11) is -4.25. The van der Waals surface area contributed by atoms with Crippen LogP contribution in [0, 0.1) is 5.92 Å². The Hall–Kier alpha value is -4.02. The lowest BCUT2D eigenvalue weighted by atomic mass is 10.1. The van der Waals surface area contributed by atoms with E-state index < -0.39 is 25.4 Å². The molecule has 48 heavy (non-hydrogen) atoms. The van der Waals surface area contributed by atoms with E-state index in [4.69, 9.17) is 29.2 Å². The lowest BCUT2D eigenvalue weighted by Crippen LogP contribution is -2.44. The van der Waals surface area contributed by atoms with Crippen molar-refractivity contribution in [3.05, 3.63) is 72.6 Å². The van der Waals surface area contributed by atoms with Gasteiger partial charge in [-0.3, -0.25) is 9.32 Å². The smallest absolute Gasteiger partial charge is 0.459 e. The van der Waals surface area contributed by atoms with Crippen molar-refractivity contribution in [1.82, 2.24) is 19.6 Å². The van der Waals surface area contributed by atoms with Crippen molar-refractivity contribution in [2.75, 3.05) is 18.9 Å². The molecular weight excluding hydrogens is 629 g/mol. The lowest BCUT2D eigenvalue weighted by molar-refractivity contribution is -0.158. The normalized spacial score (nSPS) is 14.8. The van der Waals surface area contributed by atoms with Crippen molar-refractivity contribution in [2.24, 2.45) is 5.92 Å². The SMILES string of the molecule is CCOCc1nc2c(N)nc3ccccc3c2n1[C@H](CC)COP(=O)(N[C@H](C(=O)OC(C)(C)C)C(C)C)Oc1cccc2ccccc12. The summed E-state index contributed by atoms with van der Waals surface area (Å²) >= 11 is 0. The first-order chi connectivity index (χ1) is 22.8. The molecule has 0 saturated carbocycles. The largest absolute Gasteiger partial charge is 0.459 e. The van der Waals surface area contributed by atoms with Gasteiger partial charge in [0.05, 0.1) is 23.7 Å². The van der Waals surface area contributed by atoms with Crippen molar-refractivity contribution >= 4 is 52.2 Å². The summed E-state index contributed by atoms with van der Waals surface area (Å²) in [4.78, 5) is 22.9. The van der Waals surface area contributed by atoms with Crippen LogP contribution >= 0.6 is 7.75 Å². The summed E-state index contributed by atoms with van der Waals surface area (Å²) in [6, 6.07) is 19.5. The number of aromatic nitrogens is 3. The number of para-hydroxylation sites is 1. The molecule has 0 amide bonds. The van der Waals surface area contributed by atoms with Gasteiger partial charge in [-0.15, -0.1) is 0 Å². The van der Waals surface area contributed by atoms with Crippen molar-refractivity contribution in [2.45, 2.75) is 79.2 Å². The summed E-state index contributed by atoms with van der Waals surface area (Å²) in [6.45, 7) is 13.7. The van der Waals surface area contributed by atoms with E-state index in [-0.39, 0.29) is 25.2 Å². The van der Waals surface area contributed by atoms with Crippen molar-refractivity contribution in [3.63, 3.8) is 0 Å². The standard InChI is InChI=1S/C36H46N5O6P/c1-8-25(41-30(22-44-9-2)39-32-33(41)27-18-12-13-19-28(27)38-34(32)37)21-45-48(43,40-31(23(3)4)35(42)46-36(5,6)7)47-29-20-14-16-24-15-10-11-17-26(24)29/h10-20,23,25,31H,8-9,21-22H2,1-7H3,(H2,37,38)(H,40,43)/t25-,31+,48?/m1/s1. The molecule has 0 radical (unpaired) electrons. The monoisotopic (exact) mass is 675 g/mol. The molecule has 0 bridgehead atoms. The fourth-order valence-corrected chi connectivity index (χ4v) is 7.33. The summed E-state index contributed by atoms with van der Waals surface area (Å²) in [5, 5.41) is 5.50. The number of nitrogens with zero attached hydrogens (tertiary/aromatic N) is 3. The van der Waals surface area contributed by atoms with Gasteiger partial charge in [-0.05, 0) is 57.6 Å². The maximum absolute atomic E-state index is 14.9. The summed E-state index contributed by atoms with van der Waals surface area (Å²) in [5.74, 6) is 0.452. The minimum atomic E-state index is -4.25. The number of hydrogen-bond donors (Lipinski definition) is 2. The molecule has 0 aliphatic carbocycles. The Kier molecular flexibility index (Phi) is 10.7. The van der Waals surface area contributed by atoms with Gasteiger partial charge in [-0.25, -0.2) is 14.5 Å². The number of carbonyl (C=O) groups is 1. The van der Waals surface area contributed by atoms with Gasteiger partial charge in [-0.2, -0.15) is 5.09 Å². The van der Waals surface area contributed by atoms with Crippen LogP contribution in [0.2, 0.25) is 0 Å². The van der Waals surface area contributed by atoms with Crippen LogP contribution in [-0.2, 0) is 30.0 Å². The van der Waals surface area contributed by atoms with Crippen LogP contribution in [0.1, 0.15) is 66.8 Å². The first-order valence-electron chi connectivity index (χ1n) is 16.4. The number of hydrogen-bond acceptors (Lipinski definition) is 9. The third-order valence-corrected chi connectivity index (χ3v) is 9.45. The Bertz CT molecular complexity index is 1950. The average molecular weight is 676 g/mol. The highest BCUT2D eigenvalue weighted by Crippen LogP contribution is 2.48. The second-order valence-corrected chi connectivity index (χ2v) is 14.7. The first-order valence-corrected chi connectivity index (χ1v) is 17.9. The maximum atomic E-state index is 14.9. The molecule has 2 heterocycles. The molecule has 0 aliphatic rings. The van der Waals surface area contributed by atoms with Crippen molar-refractivity contribution in [1.29, 1.82) is 0 Å². The van der Waals surface area contributed by atoms with E-state index >= 15 is 0 Å². The minimum Gasteiger partial charge on any atom is -0.459 e. The molecule has 12 heteroatoms. The van der Waals surface area contributed by atoms with Crippen LogP contribution in [0.4, 0.5) is 5.82 Å². The van der Waals surface area contributed by atoms with Crippen LogP contribution < -0.4 is 15.3 Å². The second kappa shape index (κ2) is 14.6. The number of rotatable bonds is 14. The molecule has 3 N–H and O–H groups in total. The van der Waals surface area contributed by atoms with Gasteiger partial charge in [0.15, 0.2) is 5.82 Å². The van der Waals surface area contributed by atoms with E-state index in [1.54, 1.807) is 26.8 Å². The lowest BCUT2D eigenvalue weighted by Gasteiger charge is -2.30. The molecule has 3 aromatic carbocycles. The molecule has 0 fully saturated rings. The van der Waals surface area contributed by atoms with Gasteiger partial charge < -0.3 is 24.3 Å². The number of carbonyl (C=O) groups excluding carboxylic acids is 1. The molecule has 3 atom stereocenters. The zero-order valence-corrected chi connectivity index (χ0v) is 29.6. The Morgan fingerprint density at radius 2 is 1.67 bits per heavy atom. The number of nitrogens with two attached hydrogens (primary N) is 1. The van der Waals surface area contributed by atoms with Crippen LogP contribution in [0.15, 0.2) is 66.7 Å². The van der Waals surface area contributed by atoms with Gasteiger partial charge in [0, 0.05) is 17.4 Å². The van der Waals surface area contributed by atoms with Gasteiger partial charge in [0.25, 0.3) is 0 Å². The third-order valence-electron chi connectivity index (χ3n) is 7.93.